The lowest BCUT2D eigenvalue weighted by Crippen LogP contribution is -2.44. The summed E-state index contributed by atoms with van der Waals surface area (Å²) >= 11 is 1.92. The van der Waals surface area contributed by atoms with Crippen molar-refractivity contribution in [2.75, 3.05) is 9.80 Å². The van der Waals surface area contributed by atoms with Gasteiger partial charge in [-0.1, -0.05) is 172 Å². The highest BCUT2D eigenvalue weighted by Crippen LogP contribution is 2.51. The van der Waals surface area contributed by atoms with E-state index < -0.39 is 0 Å². The van der Waals surface area contributed by atoms with E-state index in [-0.39, 0.29) is 21.7 Å². The maximum Gasteiger partial charge on any atom is 0.141 e. The van der Waals surface area contributed by atoms with Crippen LogP contribution in [0.3, 0.4) is 0 Å². The fourth-order valence-electron chi connectivity index (χ4n) is 10.7. The quantitative estimate of drug-likeness (QED) is 0.148. The van der Waals surface area contributed by atoms with Crippen molar-refractivity contribution in [2.45, 2.75) is 126 Å². The lowest BCUT2D eigenvalue weighted by atomic mass is 9.69. The minimum absolute atomic E-state index is 0.000642. The van der Waals surface area contributed by atoms with Gasteiger partial charge in [0.15, 0.2) is 0 Å². The van der Waals surface area contributed by atoms with Crippen molar-refractivity contribution in [3.05, 3.63) is 166 Å². The Hall–Kier alpha value is -5.91. The summed E-state index contributed by atoms with van der Waals surface area (Å²) in [5.41, 5.74) is 22.4. The molecule has 2 heterocycles. The predicted molar refractivity (Wildman–Crippen MR) is 319 cm³/mol. The van der Waals surface area contributed by atoms with Crippen LogP contribution in [-0.2, 0) is 21.7 Å². The zero-order valence-electron chi connectivity index (χ0n) is 45.4. The van der Waals surface area contributed by atoms with E-state index >= 15 is 0 Å². The largest absolute Gasteiger partial charge is 0.312 e. The van der Waals surface area contributed by atoms with Crippen LogP contribution in [0.15, 0.2) is 127 Å². The minimum atomic E-state index is 0.000642. The summed E-state index contributed by atoms with van der Waals surface area (Å²) in [6.07, 6.45) is 0. The smallest absolute Gasteiger partial charge is 0.141 e. The molecule has 2 aromatic heterocycles. The van der Waals surface area contributed by atoms with Crippen molar-refractivity contribution in [2.24, 2.45) is 0 Å². The molecule has 7 heteroatoms. The third kappa shape index (κ3) is 8.50. The number of anilines is 6. The molecule has 3 nitrogen and oxygen atoms in total. The number of hydrogen-bond donors (Lipinski definition) is 0. The average molecular weight is 936 g/mol. The summed E-state index contributed by atoms with van der Waals surface area (Å²) in [5.74, 6) is 0. The molecule has 0 saturated carbocycles. The molecule has 0 aliphatic heterocycles. The molecule has 354 valence electrons. The van der Waals surface area contributed by atoms with Gasteiger partial charge in [-0.25, -0.2) is 0 Å². The van der Waals surface area contributed by atoms with Crippen LogP contribution in [0.5, 0.6) is 0 Å². The van der Waals surface area contributed by atoms with E-state index in [2.05, 4.69) is 269 Å². The van der Waals surface area contributed by atoms with Gasteiger partial charge in [-0.15, -0.1) is 11.3 Å². The number of aromatic nitrogens is 1. The highest BCUT2D eigenvalue weighted by Gasteiger charge is 2.32. The molecular formula is C63H72B3N3S. The highest BCUT2D eigenvalue weighted by molar-refractivity contribution is 7.26. The van der Waals surface area contributed by atoms with Crippen LogP contribution in [0.4, 0.5) is 34.1 Å². The summed E-state index contributed by atoms with van der Waals surface area (Å²) in [6.45, 7) is 34.7. The van der Waals surface area contributed by atoms with Gasteiger partial charge >= 0.3 is 0 Å². The first-order chi connectivity index (χ1) is 32.8. The Morgan fingerprint density at radius 2 is 0.929 bits per heavy atom. The van der Waals surface area contributed by atoms with Crippen LogP contribution >= 0.6 is 11.3 Å². The molecule has 0 N–H and O–H groups in total. The summed E-state index contributed by atoms with van der Waals surface area (Å²) in [5, 5.41) is 3.88. The Morgan fingerprint density at radius 3 is 1.44 bits per heavy atom. The molecule has 0 aliphatic rings. The summed E-state index contributed by atoms with van der Waals surface area (Å²) < 4.78 is 5.14. The Kier molecular flexibility index (Phi) is 12.2. The van der Waals surface area contributed by atoms with E-state index in [1.165, 1.54) is 115 Å². The number of nitrogens with zero attached hydrogens (tertiary/aromatic N) is 3. The van der Waals surface area contributed by atoms with E-state index in [9.17, 15) is 0 Å². The Bertz CT molecular complexity index is 3460. The Balaban J connectivity index is 1.42. The maximum absolute atomic E-state index is 2.64. The van der Waals surface area contributed by atoms with E-state index in [4.69, 9.17) is 0 Å². The number of benzene rings is 7. The lowest BCUT2D eigenvalue weighted by molar-refractivity contribution is 0.589. The molecular weight excluding hydrogens is 863 g/mol. The SMILES string of the molecule is Bc1c(B)c(N(c2ccc(C(C)(C)C)cc2)c2ccc(C(C)(C)C)cc2C)c(C)c(N(c2ccc(C(C)(C)C)cc2)c2c(C)n(-c3ccc(C(C)(C)C)cc3)c3ccc4c5ccccc5sc4c23)c1B. The topological polar surface area (TPSA) is 11.4 Å². The number of hydrogen-bond acceptors (Lipinski definition) is 3. The standard InChI is InChI=1S/C63H72B3N3S/c1-37-36-43(63(13,14)15)26-34-49(37)68(45-29-22-41(23-30-45)61(7,8)9)56-38(2)57(55(66)53(64)54(56)65)69(46-31-24-42(25-32-46)62(10,11)12)58-39(3)67(44-27-20-40(21-28-44)60(4,5)6)50-35-33-48-47-18-16-17-19-51(47)70-59(48)52(50)58/h16-36H,64-66H2,1-15H3. The van der Waals surface area contributed by atoms with Gasteiger partial charge in [0.25, 0.3) is 0 Å². The second-order valence-corrected chi connectivity index (χ2v) is 25.3. The molecule has 0 amide bonds. The summed E-state index contributed by atoms with van der Waals surface area (Å²) in [6, 6.07) is 48.9. The maximum atomic E-state index is 2.64. The number of fused-ring (bicyclic) bond motifs is 5. The van der Waals surface area contributed by atoms with Crippen LogP contribution < -0.4 is 26.2 Å². The van der Waals surface area contributed by atoms with Gasteiger partial charge in [-0.2, -0.15) is 0 Å². The summed E-state index contributed by atoms with van der Waals surface area (Å²) in [4.78, 5) is 5.21. The molecule has 0 aliphatic carbocycles. The number of aryl methyl sites for hydroxylation is 1. The zero-order chi connectivity index (χ0) is 50.6. The van der Waals surface area contributed by atoms with Crippen LogP contribution in [0, 0.1) is 20.8 Å². The first-order valence-electron chi connectivity index (χ1n) is 25.4. The highest BCUT2D eigenvalue weighted by atomic mass is 32.1. The van der Waals surface area contributed by atoms with Gasteiger partial charge in [-0.3, -0.25) is 0 Å². The van der Waals surface area contributed by atoms with Gasteiger partial charge in [0.05, 0.1) is 11.2 Å². The van der Waals surface area contributed by atoms with Crippen LogP contribution in [-0.4, -0.2) is 28.1 Å². The van der Waals surface area contributed by atoms with Crippen molar-refractivity contribution in [3.8, 4) is 5.69 Å². The fourth-order valence-corrected chi connectivity index (χ4v) is 12.0. The average Bonchev–Trinajstić information content (AvgIpc) is 3.82. The van der Waals surface area contributed by atoms with E-state index in [0.717, 1.165) is 11.4 Å². The number of thiophene rings is 1. The second kappa shape index (κ2) is 17.4. The van der Waals surface area contributed by atoms with Crippen LogP contribution in [0.25, 0.3) is 36.8 Å². The van der Waals surface area contributed by atoms with Crippen molar-refractivity contribution < 1.29 is 0 Å². The summed E-state index contributed by atoms with van der Waals surface area (Å²) in [7, 11) is 7.03. The van der Waals surface area contributed by atoms with Gasteiger partial charge in [0.1, 0.15) is 23.5 Å². The Labute approximate surface area is 426 Å². The van der Waals surface area contributed by atoms with E-state index in [1.54, 1.807) is 0 Å². The molecule has 9 rings (SSSR count). The van der Waals surface area contributed by atoms with Crippen molar-refractivity contribution in [1.82, 2.24) is 4.57 Å². The second-order valence-electron chi connectivity index (χ2n) is 24.2. The third-order valence-electron chi connectivity index (χ3n) is 15.2. The van der Waals surface area contributed by atoms with Crippen molar-refractivity contribution in [3.63, 3.8) is 0 Å². The molecule has 0 fully saturated rings. The molecule has 9 aromatic rings. The minimum Gasteiger partial charge on any atom is -0.312 e. The van der Waals surface area contributed by atoms with Crippen molar-refractivity contribution in [1.29, 1.82) is 0 Å². The molecule has 7 aromatic carbocycles. The first-order valence-corrected chi connectivity index (χ1v) is 26.2. The van der Waals surface area contributed by atoms with E-state index in [0.29, 0.717) is 0 Å². The van der Waals surface area contributed by atoms with Gasteiger partial charge in [0, 0.05) is 65.4 Å². The monoisotopic (exact) mass is 936 g/mol. The lowest BCUT2D eigenvalue weighted by Gasteiger charge is -2.37. The Morgan fingerprint density at radius 1 is 0.457 bits per heavy atom. The fraction of sp³-hybridized carbons (Fsp3) is 0.302. The third-order valence-corrected chi connectivity index (χ3v) is 16.4. The molecule has 0 spiro atoms. The van der Waals surface area contributed by atoms with Crippen LogP contribution in [0.1, 0.15) is 122 Å². The zero-order valence-corrected chi connectivity index (χ0v) is 46.2. The van der Waals surface area contributed by atoms with Crippen molar-refractivity contribution >= 4 is 116 Å². The van der Waals surface area contributed by atoms with E-state index in [1.807, 2.05) is 11.3 Å². The predicted octanol–water partition coefficient (Wildman–Crippen LogP) is 13.8. The molecule has 0 radical (unpaired) electrons. The molecule has 0 bridgehead atoms. The first kappa shape index (κ1) is 49.1. The molecule has 0 unspecified atom stereocenters. The van der Waals surface area contributed by atoms with Gasteiger partial charge < -0.3 is 14.4 Å². The normalized spacial score (nSPS) is 12.7. The molecule has 0 saturated heterocycles. The van der Waals surface area contributed by atoms with Gasteiger partial charge in [-0.05, 0) is 130 Å². The number of rotatable bonds is 7. The van der Waals surface area contributed by atoms with Gasteiger partial charge in [0.2, 0.25) is 0 Å². The van der Waals surface area contributed by atoms with Crippen LogP contribution in [0.2, 0.25) is 0 Å². The molecule has 0 atom stereocenters. The molecule has 70 heavy (non-hydrogen) atoms.